The van der Waals surface area contributed by atoms with E-state index in [9.17, 15) is 8.78 Å². The summed E-state index contributed by atoms with van der Waals surface area (Å²) in [5.41, 5.74) is 0. The molecule has 0 atom stereocenters. The van der Waals surface area contributed by atoms with Gasteiger partial charge in [0.1, 0.15) is 0 Å². The first-order chi connectivity index (χ1) is 9.27. The molecule has 0 heterocycles. The van der Waals surface area contributed by atoms with E-state index in [-0.39, 0.29) is 6.42 Å². The molecular formula is C16H31BrF2. The van der Waals surface area contributed by atoms with Gasteiger partial charge in [-0.15, -0.1) is 0 Å². The topological polar surface area (TPSA) is 0 Å². The molecule has 0 aromatic heterocycles. The first-order valence-electron chi connectivity index (χ1n) is 8.11. The normalized spacial score (nSPS) is 11.4. The van der Waals surface area contributed by atoms with Gasteiger partial charge in [-0.2, -0.15) is 0 Å². The molecule has 3 heteroatoms. The largest absolute Gasteiger partial charge is 0.238 e. The number of alkyl halides is 3. The van der Waals surface area contributed by atoms with Gasteiger partial charge in [0.05, 0.1) is 0 Å². The molecule has 19 heavy (non-hydrogen) atoms. The molecule has 0 radical (unpaired) electrons. The van der Waals surface area contributed by atoms with Gasteiger partial charge in [-0.1, -0.05) is 86.6 Å². The second-order valence-corrected chi connectivity index (χ2v) is 6.26. The van der Waals surface area contributed by atoms with Gasteiger partial charge in [0.2, 0.25) is 6.43 Å². The number of hydrogen-bond acceptors (Lipinski definition) is 0. The fraction of sp³-hybridized carbons (Fsp3) is 1.00. The van der Waals surface area contributed by atoms with E-state index < -0.39 is 6.43 Å². The molecule has 0 N–H and O–H groups in total. The van der Waals surface area contributed by atoms with Crippen molar-refractivity contribution in [3.8, 4) is 0 Å². The maximum Gasteiger partial charge on any atom is 0.238 e. The Balaban J connectivity index is 2.91. The summed E-state index contributed by atoms with van der Waals surface area (Å²) in [6, 6.07) is 0. The maximum atomic E-state index is 11.9. The third-order valence-electron chi connectivity index (χ3n) is 3.56. The minimum Gasteiger partial charge on any atom is -0.211 e. The van der Waals surface area contributed by atoms with Gasteiger partial charge in [-0.05, 0) is 12.8 Å². The second kappa shape index (κ2) is 16.4. The number of rotatable bonds is 15. The Hall–Kier alpha value is 0.340. The van der Waals surface area contributed by atoms with Gasteiger partial charge in [-0.25, -0.2) is 8.78 Å². The van der Waals surface area contributed by atoms with Crippen LogP contribution in [0.25, 0.3) is 0 Å². The quantitative estimate of drug-likeness (QED) is 0.220. The fourth-order valence-corrected chi connectivity index (χ4v) is 2.73. The molecule has 0 nitrogen and oxygen atoms in total. The molecule has 0 saturated carbocycles. The summed E-state index contributed by atoms with van der Waals surface area (Å²) in [4.78, 5) is 0. The van der Waals surface area contributed by atoms with Crippen molar-refractivity contribution in [1.29, 1.82) is 0 Å². The van der Waals surface area contributed by atoms with Crippen LogP contribution in [-0.4, -0.2) is 11.8 Å². The summed E-state index contributed by atoms with van der Waals surface area (Å²) in [7, 11) is 0. The summed E-state index contributed by atoms with van der Waals surface area (Å²) in [6.45, 7) is 0. The first kappa shape index (κ1) is 19.3. The van der Waals surface area contributed by atoms with Crippen molar-refractivity contribution in [2.45, 2.75) is 96.3 Å². The Morgan fingerprint density at radius 3 is 1.16 bits per heavy atom. The second-order valence-electron chi connectivity index (χ2n) is 5.46. The van der Waals surface area contributed by atoms with E-state index in [0.717, 1.165) is 18.2 Å². The lowest BCUT2D eigenvalue weighted by Gasteiger charge is -2.03. The molecule has 0 unspecified atom stereocenters. The van der Waals surface area contributed by atoms with Gasteiger partial charge in [-0.3, -0.25) is 0 Å². The average molecular weight is 341 g/mol. The highest BCUT2D eigenvalue weighted by Crippen LogP contribution is 2.14. The highest BCUT2D eigenvalue weighted by molar-refractivity contribution is 9.09. The maximum absolute atomic E-state index is 11.9. The zero-order valence-corrected chi connectivity index (χ0v) is 13.9. The number of hydrogen-bond donors (Lipinski definition) is 0. The van der Waals surface area contributed by atoms with E-state index in [1.807, 2.05) is 0 Å². The molecule has 0 aliphatic carbocycles. The molecule has 0 aromatic carbocycles. The Bertz CT molecular complexity index is 163. The van der Waals surface area contributed by atoms with Crippen LogP contribution in [0.3, 0.4) is 0 Å². The summed E-state index contributed by atoms with van der Waals surface area (Å²) in [5, 5.41) is 1.14. The lowest BCUT2D eigenvalue weighted by molar-refractivity contribution is 0.133. The zero-order chi connectivity index (χ0) is 14.2. The summed E-state index contributed by atoms with van der Waals surface area (Å²) >= 11 is 3.45. The van der Waals surface area contributed by atoms with Crippen LogP contribution in [0, 0.1) is 0 Å². The van der Waals surface area contributed by atoms with Crippen LogP contribution < -0.4 is 0 Å². The van der Waals surface area contributed by atoms with Gasteiger partial charge in [0.15, 0.2) is 0 Å². The summed E-state index contributed by atoms with van der Waals surface area (Å²) in [6.07, 6.45) is 14.2. The third-order valence-corrected chi connectivity index (χ3v) is 4.12. The highest BCUT2D eigenvalue weighted by atomic mass is 79.9. The van der Waals surface area contributed by atoms with E-state index >= 15 is 0 Å². The molecule has 0 aliphatic rings. The molecular weight excluding hydrogens is 310 g/mol. The van der Waals surface area contributed by atoms with E-state index in [1.54, 1.807) is 0 Å². The van der Waals surface area contributed by atoms with Crippen molar-refractivity contribution < 1.29 is 8.78 Å². The van der Waals surface area contributed by atoms with Crippen molar-refractivity contribution in [3.05, 3.63) is 0 Å². The van der Waals surface area contributed by atoms with Crippen molar-refractivity contribution in [2.24, 2.45) is 0 Å². The first-order valence-corrected chi connectivity index (χ1v) is 9.23. The third kappa shape index (κ3) is 18.3. The van der Waals surface area contributed by atoms with Gasteiger partial charge in [0.25, 0.3) is 0 Å². The lowest BCUT2D eigenvalue weighted by Crippen LogP contribution is -1.89. The minimum absolute atomic E-state index is 0.0923. The SMILES string of the molecule is FC(F)CCCCCCCCCCCCCCCBr. The Morgan fingerprint density at radius 1 is 0.526 bits per heavy atom. The van der Waals surface area contributed by atoms with Crippen LogP contribution in [0.5, 0.6) is 0 Å². The predicted molar refractivity (Wildman–Crippen MR) is 84.4 cm³/mol. The van der Waals surface area contributed by atoms with Crippen LogP contribution in [0.4, 0.5) is 8.78 Å². The Morgan fingerprint density at radius 2 is 0.842 bits per heavy atom. The molecule has 0 aliphatic heterocycles. The standard InChI is InChI=1S/C16H31BrF2/c17-15-13-11-9-7-5-3-1-2-4-6-8-10-12-14-16(18)19/h16H,1-15H2. The van der Waals surface area contributed by atoms with Crippen LogP contribution in [0.1, 0.15) is 89.9 Å². The molecule has 116 valence electrons. The van der Waals surface area contributed by atoms with E-state index in [0.29, 0.717) is 6.42 Å². The molecule has 0 saturated heterocycles. The van der Waals surface area contributed by atoms with Crippen LogP contribution in [-0.2, 0) is 0 Å². The van der Waals surface area contributed by atoms with Gasteiger partial charge in [0, 0.05) is 11.8 Å². The van der Waals surface area contributed by atoms with Crippen molar-refractivity contribution in [3.63, 3.8) is 0 Å². The van der Waals surface area contributed by atoms with E-state index in [1.165, 1.54) is 64.2 Å². The van der Waals surface area contributed by atoms with Crippen molar-refractivity contribution >= 4 is 15.9 Å². The van der Waals surface area contributed by atoms with Gasteiger partial charge >= 0.3 is 0 Å². The molecule has 0 rings (SSSR count). The Labute approximate surface area is 126 Å². The van der Waals surface area contributed by atoms with E-state index in [4.69, 9.17) is 0 Å². The Kier molecular flexibility index (Phi) is 16.7. The van der Waals surface area contributed by atoms with Crippen LogP contribution in [0.15, 0.2) is 0 Å². The molecule has 0 spiro atoms. The minimum atomic E-state index is -2.10. The molecule has 0 fully saturated rings. The fourth-order valence-electron chi connectivity index (χ4n) is 2.34. The lowest BCUT2D eigenvalue weighted by atomic mass is 10.0. The summed E-state index contributed by atoms with van der Waals surface area (Å²) in [5.74, 6) is 0. The predicted octanol–water partition coefficient (Wildman–Crippen LogP) is 7.11. The molecule has 0 amide bonds. The van der Waals surface area contributed by atoms with Crippen molar-refractivity contribution in [1.82, 2.24) is 0 Å². The van der Waals surface area contributed by atoms with E-state index in [2.05, 4.69) is 15.9 Å². The molecule has 0 bridgehead atoms. The zero-order valence-electron chi connectivity index (χ0n) is 12.3. The van der Waals surface area contributed by atoms with Gasteiger partial charge < -0.3 is 0 Å². The van der Waals surface area contributed by atoms with Crippen LogP contribution in [0.2, 0.25) is 0 Å². The number of unbranched alkanes of at least 4 members (excludes halogenated alkanes) is 12. The smallest absolute Gasteiger partial charge is 0.211 e. The molecule has 0 aromatic rings. The van der Waals surface area contributed by atoms with Crippen molar-refractivity contribution in [2.75, 3.05) is 5.33 Å². The number of halogens is 3. The summed E-state index contributed by atoms with van der Waals surface area (Å²) < 4.78 is 23.8. The van der Waals surface area contributed by atoms with Crippen LogP contribution >= 0.6 is 15.9 Å². The highest BCUT2D eigenvalue weighted by Gasteiger charge is 2.00. The monoisotopic (exact) mass is 340 g/mol. The average Bonchev–Trinajstić information content (AvgIpc) is 2.39.